The summed E-state index contributed by atoms with van der Waals surface area (Å²) in [7, 11) is 0. The van der Waals surface area contributed by atoms with Gasteiger partial charge in [-0.15, -0.1) is 16.9 Å². The molecule has 1 aliphatic heterocycles. The fourth-order valence-electron chi connectivity index (χ4n) is 3.07. The molecule has 0 aliphatic carbocycles. The highest BCUT2D eigenvalue weighted by atomic mass is 32.2. The molecular weight excluding hydrogens is 390 g/mol. The fourth-order valence-corrected chi connectivity index (χ4v) is 4.95. The molecule has 0 radical (unpaired) electrons. The van der Waals surface area contributed by atoms with Crippen molar-refractivity contribution >= 4 is 35.1 Å². The average molecular weight is 412 g/mol. The van der Waals surface area contributed by atoms with Crippen molar-refractivity contribution in [3.63, 3.8) is 0 Å². The Labute approximate surface area is 172 Å². The second kappa shape index (κ2) is 8.36. The van der Waals surface area contributed by atoms with Gasteiger partial charge in [-0.05, 0) is 48.0 Å². The topological polar surface area (TPSA) is 63.9 Å². The van der Waals surface area contributed by atoms with Crippen LogP contribution in [0.1, 0.15) is 18.9 Å². The van der Waals surface area contributed by atoms with Gasteiger partial charge in [0.1, 0.15) is 0 Å². The van der Waals surface area contributed by atoms with Gasteiger partial charge in [0.15, 0.2) is 0 Å². The van der Waals surface area contributed by atoms with Gasteiger partial charge in [-0.2, -0.15) is 4.68 Å². The molecule has 0 unspecified atom stereocenters. The fraction of sp³-hybridized carbons (Fsp3) is 0.300. The van der Waals surface area contributed by atoms with Gasteiger partial charge in [0.2, 0.25) is 11.1 Å². The van der Waals surface area contributed by atoms with Gasteiger partial charge in [-0.3, -0.25) is 4.79 Å². The molecule has 0 saturated heterocycles. The molecule has 1 aromatic heterocycles. The first-order valence-corrected chi connectivity index (χ1v) is 11.0. The molecule has 1 aliphatic rings. The number of nitrogens with zero attached hydrogens (tertiary/aromatic N) is 5. The summed E-state index contributed by atoms with van der Waals surface area (Å²) in [5, 5.41) is 13.1. The first kappa shape index (κ1) is 19.0. The Morgan fingerprint density at radius 1 is 1.21 bits per heavy atom. The number of amides is 1. The number of hydrogen-bond acceptors (Lipinski definition) is 6. The highest BCUT2D eigenvalue weighted by Crippen LogP contribution is 2.37. The number of anilines is 1. The quantitative estimate of drug-likeness (QED) is 0.605. The molecule has 2 aromatic carbocycles. The minimum atomic E-state index is 0.0746. The van der Waals surface area contributed by atoms with Crippen LogP contribution in [0.5, 0.6) is 0 Å². The first-order valence-electron chi connectivity index (χ1n) is 9.16. The van der Waals surface area contributed by atoms with E-state index >= 15 is 0 Å². The maximum absolute atomic E-state index is 13.0. The molecule has 6 nitrogen and oxygen atoms in total. The molecule has 1 amide bonds. The second-order valence-electron chi connectivity index (χ2n) is 6.73. The molecule has 0 fully saturated rings. The molecule has 2 heterocycles. The van der Waals surface area contributed by atoms with E-state index in [9.17, 15) is 4.79 Å². The van der Waals surface area contributed by atoms with Crippen LogP contribution in [0.4, 0.5) is 5.69 Å². The highest BCUT2D eigenvalue weighted by Gasteiger charge is 2.24. The molecule has 1 atom stereocenters. The normalized spacial score (nSPS) is 16.5. The van der Waals surface area contributed by atoms with E-state index in [1.165, 1.54) is 17.3 Å². The number of hydrogen-bond donors (Lipinski definition) is 0. The van der Waals surface area contributed by atoms with Crippen LogP contribution in [0.15, 0.2) is 58.6 Å². The summed E-state index contributed by atoms with van der Waals surface area (Å²) in [5.74, 6) is 0.366. The van der Waals surface area contributed by atoms with E-state index in [-0.39, 0.29) is 5.91 Å². The zero-order valence-corrected chi connectivity index (χ0v) is 17.4. The number of aromatic nitrogens is 4. The van der Waals surface area contributed by atoms with Gasteiger partial charge in [0, 0.05) is 16.7 Å². The molecule has 3 aromatic rings. The molecular formula is C20H21N5OS2. The molecule has 0 N–H and O–H groups in total. The van der Waals surface area contributed by atoms with Crippen LogP contribution in [0.25, 0.3) is 5.69 Å². The van der Waals surface area contributed by atoms with E-state index in [2.05, 4.69) is 28.5 Å². The summed E-state index contributed by atoms with van der Waals surface area (Å²) in [4.78, 5) is 16.1. The first-order chi connectivity index (χ1) is 13.6. The van der Waals surface area contributed by atoms with E-state index < -0.39 is 0 Å². The average Bonchev–Trinajstić information content (AvgIpc) is 3.09. The lowest BCUT2D eigenvalue weighted by Crippen LogP contribution is -2.33. The van der Waals surface area contributed by atoms with Crippen molar-refractivity contribution in [3.8, 4) is 5.69 Å². The summed E-state index contributed by atoms with van der Waals surface area (Å²) >= 11 is 3.20. The maximum atomic E-state index is 13.0. The van der Waals surface area contributed by atoms with Crippen molar-refractivity contribution in [2.75, 3.05) is 17.2 Å². The lowest BCUT2D eigenvalue weighted by molar-refractivity contribution is -0.116. The van der Waals surface area contributed by atoms with Crippen LogP contribution >= 0.6 is 23.5 Å². The number of thioether (sulfide) groups is 2. The van der Waals surface area contributed by atoms with Gasteiger partial charge in [0.25, 0.3) is 0 Å². The predicted octanol–water partition coefficient (Wildman–Crippen LogP) is 3.98. The number of tetrazole rings is 1. The Hall–Kier alpha value is -2.32. The monoisotopic (exact) mass is 411 g/mol. The number of carbonyl (C=O) groups excluding carboxylic acids is 1. The van der Waals surface area contributed by atoms with Crippen LogP contribution in [0.3, 0.4) is 0 Å². The summed E-state index contributed by atoms with van der Waals surface area (Å²) in [6, 6.07) is 16.1. The second-order valence-corrected chi connectivity index (χ2v) is 9.15. The Bertz CT molecular complexity index is 973. The summed E-state index contributed by atoms with van der Waals surface area (Å²) in [5.41, 5.74) is 3.06. The zero-order chi connectivity index (χ0) is 19.5. The third-order valence-corrected chi connectivity index (χ3v) is 6.73. The highest BCUT2D eigenvalue weighted by molar-refractivity contribution is 8.00. The molecule has 0 bridgehead atoms. The maximum Gasteiger partial charge on any atom is 0.237 e. The number of fused-ring (bicyclic) bond motifs is 1. The van der Waals surface area contributed by atoms with E-state index in [1.54, 1.807) is 4.68 Å². The van der Waals surface area contributed by atoms with E-state index in [1.807, 2.05) is 66.1 Å². The third kappa shape index (κ3) is 4.07. The standard InChI is InChI=1S/C20H21N5OS2/c1-14-7-9-16(10-8-14)25-20(21-22-23-25)27-13-19(26)24-12-11-15(2)28-18-6-4-3-5-17(18)24/h3-10,15H,11-13H2,1-2H3/t15-/m1/s1. The molecule has 144 valence electrons. The van der Waals surface area contributed by atoms with Crippen LogP contribution in [0, 0.1) is 6.92 Å². The molecule has 0 spiro atoms. The van der Waals surface area contributed by atoms with Crippen LogP contribution in [0.2, 0.25) is 0 Å². The van der Waals surface area contributed by atoms with Crippen molar-refractivity contribution in [1.29, 1.82) is 0 Å². The van der Waals surface area contributed by atoms with Crippen molar-refractivity contribution < 1.29 is 4.79 Å². The summed E-state index contributed by atoms with van der Waals surface area (Å²) in [6.45, 7) is 4.98. The molecule has 4 rings (SSSR count). The number of para-hydroxylation sites is 1. The van der Waals surface area contributed by atoms with Crippen molar-refractivity contribution in [3.05, 3.63) is 54.1 Å². The van der Waals surface area contributed by atoms with Crippen LogP contribution < -0.4 is 4.90 Å². The van der Waals surface area contributed by atoms with Crippen molar-refractivity contribution in [1.82, 2.24) is 20.2 Å². The van der Waals surface area contributed by atoms with Crippen molar-refractivity contribution in [2.24, 2.45) is 0 Å². The lowest BCUT2D eigenvalue weighted by Gasteiger charge is -2.22. The summed E-state index contributed by atoms with van der Waals surface area (Å²) in [6.07, 6.45) is 0.969. The van der Waals surface area contributed by atoms with Gasteiger partial charge in [0.05, 0.1) is 17.1 Å². The van der Waals surface area contributed by atoms with Crippen molar-refractivity contribution in [2.45, 2.75) is 35.6 Å². The Balaban J connectivity index is 1.50. The Kier molecular flexibility index (Phi) is 5.68. The third-order valence-electron chi connectivity index (χ3n) is 4.59. The number of benzene rings is 2. The molecule has 28 heavy (non-hydrogen) atoms. The minimum Gasteiger partial charge on any atom is -0.311 e. The minimum absolute atomic E-state index is 0.0746. The van der Waals surface area contributed by atoms with Gasteiger partial charge >= 0.3 is 0 Å². The summed E-state index contributed by atoms with van der Waals surface area (Å²) < 4.78 is 1.67. The lowest BCUT2D eigenvalue weighted by atomic mass is 10.2. The number of rotatable bonds is 4. The van der Waals surface area contributed by atoms with E-state index in [0.717, 1.165) is 29.2 Å². The van der Waals surface area contributed by atoms with E-state index in [0.29, 0.717) is 16.2 Å². The zero-order valence-electron chi connectivity index (χ0n) is 15.8. The Morgan fingerprint density at radius 3 is 2.82 bits per heavy atom. The van der Waals surface area contributed by atoms with Gasteiger partial charge < -0.3 is 4.90 Å². The Morgan fingerprint density at radius 2 is 2.00 bits per heavy atom. The van der Waals surface area contributed by atoms with Gasteiger partial charge in [-0.25, -0.2) is 0 Å². The smallest absolute Gasteiger partial charge is 0.237 e. The number of carbonyl (C=O) groups is 1. The number of aryl methyl sites for hydroxylation is 1. The predicted molar refractivity (Wildman–Crippen MR) is 113 cm³/mol. The van der Waals surface area contributed by atoms with Crippen LogP contribution in [-0.2, 0) is 4.79 Å². The SMILES string of the molecule is Cc1ccc(-n2nnnc2SCC(=O)N2CC[C@@H](C)Sc3ccccc32)cc1. The largest absolute Gasteiger partial charge is 0.311 e. The molecule has 8 heteroatoms. The molecule has 0 saturated carbocycles. The van der Waals surface area contributed by atoms with E-state index in [4.69, 9.17) is 0 Å². The van der Waals surface area contributed by atoms with Crippen LogP contribution in [-0.4, -0.2) is 43.7 Å². The van der Waals surface area contributed by atoms with Gasteiger partial charge in [-0.1, -0.05) is 48.5 Å².